The van der Waals surface area contributed by atoms with Gasteiger partial charge in [0.25, 0.3) is 0 Å². The van der Waals surface area contributed by atoms with E-state index >= 15 is 0 Å². The van der Waals surface area contributed by atoms with Crippen molar-refractivity contribution < 1.29 is 14.6 Å². The minimum atomic E-state index is -1.07. The number of aromatic carboxylic acids is 1. The summed E-state index contributed by atoms with van der Waals surface area (Å²) >= 11 is 0. The van der Waals surface area contributed by atoms with Crippen LogP contribution in [0.4, 0.5) is 5.69 Å². The Morgan fingerprint density at radius 1 is 1.52 bits per heavy atom. The number of carbonyl (C=O) groups is 1. The van der Waals surface area contributed by atoms with Gasteiger partial charge in [0.1, 0.15) is 11.2 Å². The topological polar surface area (TPSA) is 111 Å². The van der Waals surface area contributed by atoms with Crippen molar-refractivity contribution in [2.75, 3.05) is 12.3 Å². The molecule has 2 atom stereocenters. The number of nitrogen functional groups attached to an aromatic ring is 1. The molecule has 23 heavy (non-hydrogen) atoms. The Labute approximate surface area is 136 Å². The van der Waals surface area contributed by atoms with Crippen LogP contribution < -0.4 is 11.5 Å². The Morgan fingerprint density at radius 2 is 2.22 bits per heavy atom. The van der Waals surface area contributed by atoms with Gasteiger partial charge in [-0.05, 0) is 32.3 Å². The number of anilines is 1. The molecule has 1 heterocycles. The zero-order chi connectivity index (χ0) is 17.2. The van der Waals surface area contributed by atoms with Crippen LogP contribution in [0.3, 0.4) is 0 Å². The number of nitrogens with two attached hydrogens (primary N) is 2. The van der Waals surface area contributed by atoms with E-state index in [4.69, 9.17) is 16.2 Å². The monoisotopic (exact) mass is 319 g/mol. The predicted octanol–water partition coefficient (Wildman–Crippen LogP) is 2.45. The number of rotatable bonds is 6. The number of hydrogen-bond acceptors (Lipinski definition) is 5. The Kier molecular flexibility index (Phi) is 5.06. The van der Waals surface area contributed by atoms with E-state index in [0.717, 1.165) is 6.42 Å². The van der Waals surface area contributed by atoms with Crippen LogP contribution in [0, 0.1) is 6.92 Å². The highest BCUT2D eigenvalue weighted by atomic mass is 16.5. The fourth-order valence-corrected chi connectivity index (χ4v) is 3.02. The van der Waals surface area contributed by atoms with E-state index in [1.807, 2.05) is 26.0 Å². The van der Waals surface area contributed by atoms with Crippen LogP contribution in [0.15, 0.2) is 6.08 Å². The molecule has 0 spiro atoms. The van der Waals surface area contributed by atoms with Crippen LogP contribution >= 0.6 is 0 Å². The first kappa shape index (κ1) is 17.4. The van der Waals surface area contributed by atoms with Gasteiger partial charge in [0.2, 0.25) is 0 Å². The molecule has 0 radical (unpaired) electrons. The SMILES string of the molecule is CCC(N)COC1(CC)CC=Cc2nc(C)c(C(=O)O)c(N)c21. The van der Waals surface area contributed by atoms with E-state index < -0.39 is 11.6 Å². The molecule has 0 saturated heterocycles. The van der Waals surface area contributed by atoms with Gasteiger partial charge in [-0.1, -0.05) is 19.9 Å². The zero-order valence-corrected chi connectivity index (χ0v) is 13.9. The summed E-state index contributed by atoms with van der Waals surface area (Å²) < 4.78 is 6.17. The molecule has 2 unspecified atom stereocenters. The number of nitrogens with zero attached hydrogens (tertiary/aromatic N) is 1. The van der Waals surface area contributed by atoms with Crippen molar-refractivity contribution in [3.63, 3.8) is 0 Å². The highest BCUT2D eigenvalue weighted by Crippen LogP contribution is 2.43. The molecular weight excluding hydrogens is 294 g/mol. The Balaban J connectivity index is 2.57. The maximum absolute atomic E-state index is 11.5. The van der Waals surface area contributed by atoms with Crippen molar-refractivity contribution in [3.8, 4) is 0 Å². The molecule has 0 bridgehead atoms. The highest BCUT2D eigenvalue weighted by molar-refractivity contribution is 5.96. The summed E-state index contributed by atoms with van der Waals surface area (Å²) in [5, 5.41) is 9.45. The van der Waals surface area contributed by atoms with Gasteiger partial charge in [-0.25, -0.2) is 4.79 Å². The summed E-state index contributed by atoms with van der Waals surface area (Å²) in [4.78, 5) is 16.0. The lowest BCUT2D eigenvalue weighted by molar-refractivity contribution is -0.0583. The van der Waals surface area contributed by atoms with Gasteiger partial charge in [-0.2, -0.15) is 0 Å². The molecule has 1 aromatic heterocycles. The van der Waals surface area contributed by atoms with Crippen molar-refractivity contribution in [1.29, 1.82) is 0 Å². The third-order valence-electron chi connectivity index (χ3n) is 4.51. The van der Waals surface area contributed by atoms with Crippen LogP contribution in [0.25, 0.3) is 6.08 Å². The maximum Gasteiger partial charge on any atom is 0.339 e. The molecule has 1 aliphatic carbocycles. The van der Waals surface area contributed by atoms with Crippen molar-refractivity contribution in [2.45, 2.75) is 51.7 Å². The second kappa shape index (κ2) is 6.68. The number of hydrogen-bond donors (Lipinski definition) is 3. The summed E-state index contributed by atoms with van der Waals surface area (Å²) in [5.41, 5.74) is 13.6. The quantitative estimate of drug-likeness (QED) is 0.742. The standard InChI is InChI=1S/C17H25N3O3/c1-4-11(18)9-23-17(5-2)8-6-7-12-14(17)15(19)13(16(21)22)10(3)20-12/h6-7,11H,4-5,8-9,18H2,1-3H3,(H2,19,20)(H,21,22). The van der Waals surface area contributed by atoms with Crippen LogP contribution in [0.1, 0.15) is 60.4 Å². The number of aromatic nitrogens is 1. The molecule has 1 aliphatic rings. The Hall–Kier alpha value is -1.92. The van der Waals surface area contributed by atoms with Crippen molar-refractivity contribution in [1.82, 2.24) is 4.98 Å². The fraction of sp³-hybridized carbons (Fsp3) is 0.529. The first-order valence-corrected chi connectivity index (χ1v) is 7.96. The van der Waals surface area contributed by atoms with Crippen LogP contribution in [-0.4, -0.2) is 28.7 Å². The average Bonchev–Trinajstić information content (AvgIpc) is 2.51. The number of fused-ring (bicyclic) bond motifs is 1. The van der Waals surface area contributed by atoms with Gasteiger partial charge < -0.3 is 21.3 Å². The average molecular weight is 319 g/mol. The molecule has 0 saturated carbocycles. The third kappa shape index (κ3) is 3.09. The van der Waals surface area contributed by atoms with Crippen LogP contribution in [-0.2, 0) is 10.3 Å². The Bertz CT molecular complexity index is 642. The van der Waals surface area contributed by atoms with Crippen molar-refractivity contribution >= 4 is 17.7 Å². The zero-order valence-electron chi connectivity index (χ0n) is 13.9. The third-order valence-corrected chi connectivity index (χ3v) is 4.51. The first-order valence-electron chi connectivity index (χ1n) is 7.96. The maximum atomic E-state index is 11.5. The molecule has 0 aromatic carbocycles. The summed E-state index contributed by atoms with van der Waals surface area (Å²) in [6.07, 6.45) is 5.97. The van der Waals surface area contributed by atoms with Crippen LogP contribution in [0.5, 0.6) is 0 Å². The van der Waals surface area contributed by atoms with Crippen molar-refractivity contribution in [2.24, 2.45) is 5.73 Å². The van der Waals surface area contributed by atoms with Gasteiger partial charge in [0, 0.05) is 11.6 Å². The minimum absolute atomic E-state index is 0.0558. The number of pyridine rings is 1. The summed E-state index contributed by atoms with van der Waals surface area (Å²) in [5.74, 6) is -1.07. The second-order valence-electron chi connectivity index (χ2n) is 5.98. The predicted molar refractivity (Wildman–Crippen MR) is 90.2 cm³/mol. The molecule has 2 rings (SSSR count). The van der Waals surface area contributed by atoms with E-state index in [-0.39, 0.29) is 17.3 Å². The van der Waals surface area contributed by atoms with E-state index in [1.54, 1.807) is 6.92 Å². The molecule has 0 amide bonds. The lowest BCUT2D eigenvalue weighted by Crippen LogP contribution is -2.38. The molecule has 5 N–H and O–H groups in total. The lowest BCUT2D eigenvalue weighted by atomic mass is 9.80. The largest absolute Gasteiger partial charge is 0.478 e. The van der Waals surface area contributed by atoms with Crippen molar-refractivity contribution in [3.05, 3.63) is 28.6 Å². The minimum Gasteiger partial charge on any atom is -0.478 e. The number of carboxylic acid groups (broad SMARTS) is 1. The lowest BCUT2D eigenvalue weighted by Gasteiger charge is -2.37. The number of aryl methyl sites for hydroxylation is 1. The second-order valence-corrected chi connectivity index (χ2v) is 5.98. The summed E-state index contributed by atoms with van der Waals surface area (Å²) in [6, 6.07) is -0.0636. The van der Waals surface area contributed by atoms with Gasteiger partial charge in [0.05, 0.1) is 23.7 Å². The molecule has 1 aromatic rings. The van der Waals surface area contributed by atoms with Crippen LogP contribution in [0.2, 0.25) is 0 Å². The number of carboxylic acids is 1. The molecule has 126 valence electrons. The van der Waals surface area contributed by atoms with E-state index in [0.29, 0.717) is 36.4 Å². The highest BCUT2D eigenvalue weighted by Gasteiger charge is 2.39. The normalized spacial score (nSPS) is 21.0. The van der Waals surface area contributed by atoms with Gasteiger partial charge in [-0.3, -0.25) is 4.98 Å². The summed E-state index contributed by atoms with van der Waals surface area (Å²) in [7, 11) is 0. The van der Waals surface area contributed by atoms with Gasteiger partial charge in [-0.15, -0.1) is 0 Å². The number of ether oxygens (including phenoxy) is 1. The Morgan fingerprint density at radius 3 is 2.78 bits per heavy atom. The van der Waals surface area contributed by atoms with Gasteiger partial charge in [0.15, 0.2) is 0 Å². The fourth-order valence-electron chi connectivity index (χ4n) is 3.02. The molecule has 6 nitrogen and oxygen atoms in total. The molecular formula is C17H25N3O3. The van der Waals surface area contributed by atoms with E-state index in [1.165, 1.54) is 0 Å². The molecule has 6 heteroatoms. The van der Waals surface area contributed by atoms with E-state index in [9.17, 15) is 9.90 Å². The summed E-state index contributed by atoms with van der Waals surface area (Å²) in [6.45, 7) is 6.06. The smallest absolute Gasteiger partial charge is 0.339 e. The first-order chi connectivity index (χ1) is 10.9. The molecule has 0 fully saturated rings. The van der Waals surface area contributed by atoms with E-state index in [2.05, 4.69) is 4.98 Å². The van der Waals surface area contributed by atoms with Gasteiger partial charge >= 0.3 is 5.97 Å². The molecule has 0 aliphatic heterocycles.